The lowest BCUT2D eigenvalue weighted by molar-refractivity contribution is 0.161. The van der Waals surface area contributed by atoms with Crippen molar-refractivity contribution in [1.82, 2.24) is 10.2 Å². The summed E-state index contributed by atoms with van der Waals surface area (Å²) < 4.78 is 0. The molecule has 1 atom stereocenters. The summed E-state index contributed by atoms with van der Waals surface area (Å²) in [5, 5.41) is 17.1. The number of nitrogens with zero attached hydrogens (tertiary/aromatic N) is 2. The first-order valence-electron chi connectivity index (χ1n) is 4.81. The largest absolute Gasteiger partial charge is 0.388 e. The first kappa shape index (κ1) is 8.63. The number of rotatable bonds is 4. The monoisotopic (exact) mass is 178 g/mol. The fraction of sp³-hybridized carbons (Fsp3) is 0.600. The predicted octanol–water partition coefficient (Wildman–Crippen LogP) is 1.70. The molecule has 0 spiro atoms. The molecule has 1 aliphatic rings. The lowest BCUT2D eigenvalue weighted by Gasteiger charge is -2.08. The van der Waals surface area contributed by atoms with E-state index in [4.69, 9.17) is 0 Å². The second-order valence-corrected chi connectivity index (χ2v) is 3.71. The van der Waals surface area contributed by atoms with E-state index in [9.17, 15) is 5.11 Å². The van der Waals surface area contributed by atoms with Gasteiger partial charge in [0.1, 0.15) is 0 Å². The fourth-order valence-corrected chi connectivity index (χ4v) is 1.46. The highest BCUT2D eigenvalue weighted by Crippen LogP contribution is 2.35. The molecule has 2 rings (SSSR count). The SMILES string of the molecule is OC(CCC1CC1)c1ccnnc1. The van der Waals surface area contributed by atoms with Gasteiger partial charge in [-0.2, -0.15) is 10.2 Å². The van der Waals surface area contributed by atoms with Crippen LogP contribution in [0.25, 0.3) is 0 Å². The highest BCUT2D eigenvalue weighted by Gasteiger charge is 2.22. The molecule has 0 saturated heterocycles. The molecule has 1 heterocycles. The summed E-state index contributed by atoms with van der Waals surface area (Å²) in [4.78, 5) is 0. The van der Waals surface area contributed by atoms with Crippen LogP contribution in [0.4, 0.5) is 0 Å². The Morgan fingerprint density at radius 3 is 2.92 bits per heavy atom. The van der Waals surface area contributed by atoms with Crippen LogP contribution in [0, 0.1) is 5.92 Å². The lowest BCUT2D eigenvalue weighted by atomic mass is 10.1. The van der Waals surface area contributed by atoms with Crippen molar-refractivity contribution in [2.75, 3.05) is 0 Å². The van der Waals surface area contributed by atoms with E-state index in [1.165, 1.54) is 12.8 Å². The highest BCUT2D eigenvalue weighted by molar-refractivity contribution is 5.08. The summed E-state index contributed by atoms with van der Waals surface area (Å²) in [6, 6.07) is 1.82. The van der Waals surface area contributed by atoms with Gasteiger partial charge < -0.3 is 5.11 Å². The van der Waals surface area contributed by atoms with Crippen molar-refractivity contribution >= 4 is 0 Å². The maximum absolute atomic E-state index is 9.73. The number of aliphatic hydroxyl groups is 1. The molecular weight excluding hydrogens is 164 g/mol. The van der Waals surface area contributed by atoms with Crippen LogP contribution in [0.15, 0.2) is 18.5 Å². The smallest absolute Gasteiger partial charge is 0.0806 e. The molecule has 1 aromatic heterocycles. The Labute approximate surface area is 77.8 Å². The van der Waals surface area contributed by atoms with Crippen molar-refractivity contribution in [3.05, 3.63) is 24.0 Å². The molecule has 0 aromatic carbocycles. The van der Waals surface area contributed by atoms with Gasteiger partial charge in [0.15, 0.2) is 0 Å². The molecule has 3 heteroatoms. The minimum Gasteiger partial charge on any atom is -0.388 e. The number of aromatic nitrogens is 2. The van der Waals surface area contributed by atoms with E-state index >= 15 is 0 Å². The summed E-state index contributed by atoms with van der Waals surface area (Å²) >= 11 is 0. The Balaban J connectivity index is 1.85. The van der Waals surface area contributed by atoms with Gasteiger partial charge in [-0.25, -0.2) is 0 Å². The van der Waals surface area contributed by atoms with Crippen LogP contribution in [0.3, 0.4) is 0 Å². The van der Waals surface area contributed by atoms with E-state index in [1.807, 2.05) is 6.07 Å². The van der Waals surface area contributed by atoms with E-state index in [2.05, 4.69) is 10.2 Å². The zero-order chi connectivity index (χ0) is 9.10. The molecule has 1 saturated carbocycles. The van der Waals surface area contributed by atoms with E-state index in [1.54, 1.807) is 12.4 Å². The zero-order valence-electron chi connectivity index (χ0n) is 7.56. The first-order valence-corrected chi connectivity index (χ1v) is 4.81. The average molecular weight is 178 g/mol. The van der Waals surface area contributed by atoms with Crippen molar-refractivity contribution in [1.29, 1.82) is 0 Å². The van der Waals surface area contributed by atoms with Crippen LogP contribution >= 0.6 is 0 Å². The minimum absolute atomic E-state index is 0.351. The average Bonchev–Trinajstić information content (AvgIpc) is 2.99. The Morgan fingerprint density at radius 1 is 1.46 bits per heavy atom. The van der Waals surface area contributed by atoms with E-state index in [0.717, 1.165) is 24.3 Å². The molecule has 0 aliphatic heterocycles. The van der Waals surface area contributed by atoms with Gasteiger partial charge in [0.05, 0.1) is 12.3 Å². The molecule has 1 aromatic rings. The van der Waals surface area contributed by atoms with Crippen LogP contribution in [0.2, 0.25) is 0 Å². The van der Waals surface area contributed by atoms with Gasteiger partial charge >= 0.3 is 0 Å². The van der Waals surface area contributed by atoms with Crippen LogP contribution < -0.4 is 0 Å². The van der Waals surface area contributed by atoms with Crippen molar-refractivity contribution < 1.29 is 5.11 Å². The van der Waals surface area contributed by atoms with Gasteiger partial charge in [-0.1, -0.05) is 12.8 Å². The minimum atomic E-state index is -0.351. The van der Waals surface area contributed by atoms with Gasteiger partial charge in [-0.3, -0.25) is 0 Å². The molecule has 1 unspecified atom stereocenters. The zero-order valence-corrected chi connectivity index (χ0v) is 7.56. The third-order valence-electron chi connectivity index (χ3n) is 2.54. The highest BCUT2D eigenvalue weighted by atomic mass is 16.3. The van der Waals surface area contributed by atoms with Crippen molar-refractivity contribution in [2.45, 2.75) is 31.8 Å². The van der Waals surface area contributed by atoms with E-state index in [0.29, 0.717) is 0 Å². The number of hydrogen-bond acceptors (Lipinski definition) is 3. The van der Waals surface area contributed by atoms with Crippen LogP contribution in [-0.2, 0) is 0 Å². The van der Waals surface area contributed by atoms with Gasteiger partial charge in [0, 0.05) is 11.8 Å². The quantitative estimate of drug-likeness (QED) is 0.763. The van der Waals surface area contributed by atoms with Gasteiger partial charge in [-0.05, 0) is 24.8 Å². The molecule has 0 amide bonds. The van der Waals surface area contributed by atoms with Crippen molar-refractivity contribution in [3.63, 3.8) is 0 Å². The van der Waals surface area contributed by atoms with Crippen molar-refractivity contribution in [2.24, 2.45) is 5.92 Å². The number of aliphatic hydroxyl groups excluding tert-OH is 1. The molecule has 0 radical (unpaired) electrons. The first-order chi connectivity index (χ1) is 6.36. The van der Waals surface area contributed by atoms with E-state index < -0.39 is 0 Å². The summed E-state index contributed by atoms with van der Waals surface area (Å²) in [5.74, 6) is 0.879. The Hall–Kier alpha value is -0.960. The molecule has 1 aliphatic carbocycles. The number of hydrogen-bond donors (Lipinski definition) is 1. The normalized spacial score (nSPS) is 18.5. The summed E-state index contributed by atoms with van der Waals surface area (Å²) in [7, 11) is 0. The molecule has 0 bridgehead atoms. The standard InChI is InChI=1S/C10H14N2O/c13-10(4-3-8-1-2-8)9-5-6-11-12-7-9/h5-8,10,13H,1-4H2. The second-order valence-electron chi connectivity index (χ2n) is 3.71. The summed E-state index contributed by atoms with van der Waals surface area (Å²) in [5.41, 5.74) is 0.885. The van der Waals surface area contributed by atoms with Crippen LogP contribution in [0.1, 0.15) is 37.4 Å². The second kappa shape index (κ2) is 3.83. The Kier molecular flexibility index (Phi) is 2.54. The summed E-state index contributed by atoms with van der Waals surface area (Å²) in [6.45, 7) is 0. The fourth-order valence-electron chi connectivity index (χ4n) is 1.46. The van der Waals surface area contributed by atoms with Crippen LogP contribution in [0.5, 0.6) is 0 Å². The Morgan fingerprint density at radius 2 is 2.31 bits per heavy atom. The summed E-state index contributed by atoms with van der Waals surface area (Å²) in [6.07, 6.45) is 7.60. The molecule has 13 heavy (non-hydrogen) atoms. The van der Waals surface area contributed by atoms with E-state index in [-0.39, 0.29) is 6.10 Å². The molecule has 70 valence electrons. The van der Waals surface area contributed by atoms with Crippen molar-refractivity contribution in [3.8, 4) is 0 Å². The van der Waals surface area contributed by atoms with Gasteiger partial charge in [0.2, 0.25) is 0 Å². The lowest BCUT2D eigenvalue weighted by Crippen LogP contribution is -1.98. The Bertz CT molecular complexity index is 259. The molecule has 3 nitrogen and oxygen atoms in total. The maximum atomic E-state index is 9.73. The van der Waals surface area contributed by atoms with Gasteiger partial charge in [-0.15, -0.1) is 0 Å². The van der Waals surface area contributed by atoms with Crippen LogP contribution in [-0.4, -0.2) is 15.3 Å². The molecule has 1 fully saturated rings. The maximum Gasteiger partial charge on any atom is 0.0806 e. The molecule has 1 N–H and O–H groups in total. The van der Waals surface area contributed by atoms with Gasteiger partial charge in [0.25, 0.3) is 0 Å². The topological polar surface area (TPSA) is 46.0 Å². The molecular formula is C10H14N2O. The third kappa shape index (κ3) is 2.49. The third-order valence-corrected chi connectivity index (χ3v) is 2.54. The predicted molar refractivity (Wildman–Crippen MR) is 48.9 cm³/mol.